The van der Waals surface area contributed by atoms with Crippen molar-refractivity contribution in [2.45, 2.75) is 39.4 Å². The number of rotatable bonds is 4. The van der Waals surface area contributed by atoms with Gasteiger partial charge in [-0.2, -0.15) is 0 Å². The minimum absolute atomic E-state index is 0.0776. The molecule has 0 spiro atoms. The Morgan fingerprint density at radius 1 is 1.13 bits per heavy atom. The highest BCUT2D eigenvalue weighted by Crippen LogP contribution is 2.29. The van der Waals surface area contributed by atoms with Gasteiger partial charge in [-0.15, -0.1) is 0 Å². The van der Waals surface area contributed by atoms with E-state index in [1.54, 1.807) is 14.2 Å². The second-order valence-electron chi connectivity index (χ2n) is 5.22. The Morgan fingerprint density at radius 3 is 2.40 bits per heavy atom. The summed E-state index contributed by atoms with van der Waals surface area (Å²) in [5, 5.41) is 0. The molecule has 3 heteroatoms. The van der Waals surface area contributed by atoms with Gasteiger partial charge in [-0.3, -0.25) is 4.90 Å². The molecule has 0 amide bonds. The van der Waals surface area contributed by atoms with Gasteiger partial charge in [0, 0.05) is 20.8 Å². The summed E-state index contributed by atoms with van der Waals surface area (Å²) >= 11 is 0. The van der Waals surface area contributed by atoms with Gasteiger partial charge in [0.15, 0.2) is 6.29 Å². The quantitative estimate of drug-likeness (QED) is 0.670. The van der Waals surface area contributed by atoms with E-state index in [4.69, 9.17) is 9.47 Å². The lowest BCUT2D eigenvalue weighted by molar-refractivity contribution is -0.116. The Labute approximate surface area is 93.7 Å². The molecule has 0 unspecified atom stereocenters. The Bertz CT molecular complexity index is 178. The zero-order valence-electron chi connectivity index (χ0n) is 10.6. The molecule has 1 fully saturated rings. The molecule has 1 heterocycles. The number of hydrogen-bond donors (Lipinski definition) is 0. The maximum absolute atomic E-state index is 5.23. The average Bonchev–Trinajstić information content (AvgIpc) is 2.36. The zero-order valence-corrected chi connectivity index (χ0v) is 10.6. The van der Waals surface area contributed by atoms with Gasteiger partial charge in [0.2, 0.25) is 0 Å². The van der Waals surface area contributed by atoms with E-state index in [-0.39, 0.29) is 6.29 Å². The highest BCUT2D eigenvalue weighted by molar-refractivity contribution is 4.76. The second-order valence-corrected chi connectivity index (χ2v) is 5.22. The maximum Gasteiger partial charge on any atom is 0.169 e. The molecule has 0 radical (unpaired) electrons. The topological polar surface area (TPSA) is 21.7 Å². The summed E-state index contributed by atoms with van der Waals surface area (Å²) in [7, 11) is 3.41. The van der Waals surface area contributed by atoms with E-state index in [2.05, 4.69) is 18.7 Å². The summed E-state index contributed by atoms with van der Waals surface area (Å²) in [6.07, 6.45) is 3.81. The van der Waals surface area contributed by atoms with Crippen LogP contribution >= 0.6 is 0 Å². The van der Waals surface area contributed by atoms with E-state index in [0.717, 1.165) is 13.1 Å². The predicted octanol–water partition coefficient (Wildman–Crippen LogP) is 2.12. The molecular weight excluding hydrogens is 190 g/mol. The van der Waals surface area contributed by atoms with Crippen LogP contribution in [0.2, 0.25) is 0 Å². The third-order valence-electron chi connectivity index (χ3n) is 3.37. The molecule has 1 aliphatic rings. The van der Waals surface area contributed by atoms with Gasteiger partial charge in [-0.05, 0) is 37.8 Å². The van der Waals surface area contributed by atoms with Crippen molar-refractivity contribution in [2.24, 2.45) is 5.41 Å². The lowest BCUT2D eigenvalue weighted by atomic mass is 9.85. The minimum atomic E-state index is -0.0776. The first-order chi connectivity index (χ1) is 7.07. The van der Waals surface area contributed by atoms with E-state index < -0.39 is 0 Å². The highest BCUT2D eigenvalue weighted by Gasteiger charge is 2.24. The number of nitrogens with zero attached hydrogens (tertiary/aromatic N) is 1. The van der Waals surface area contributed by atoms with Gasteiger partial charge in [0.25, 0.3) is 0 Å². The van der Waals surface area contributed by atoms with Crippen LogP contribution in [0.25, 0.3) is 0 Å². The number of hydrogen-bond acceptors (Lipinski definition) is 3. The van der Waals surface area contributed by atoms with Crippen LogP contribution in [0.4, 0.5) is 0 Å². The van der Waals surface area contributed by atoms with E-state index in [1.165, 1.54) is 25.8 Å². The summed E-state index contributed by atoms with van der Waals surface area (Å²) in [5.41, 5.74) is 0.504. The molecule has 1 aliphatic heterocycles. The Morgan fingerprint density at radius 2 is 1.80 bits per heavy atom. The van der Waals surface area contributed by atoms with E-state index in [9.17, 15) is 0 Å². The standard InChI is InChI=1S/C12H25NO2/c1-12(2)6-5-8-13(9-7-12)10-11(14-3)15-4/h11H,5-10H2,1-4H3. The van der Waals surface area contributed by atoms with Crippen molar-refractivity contribution in [1.29, 1.82) is 0 Å². The zero-order chi connectivity index (χ0) is 11.3. The number of likely N-dealkylation sites (tertiary alicyclic amines) is 1. The fraction of sp³-hybridized carbons (Fsp3) is 1.00. The van der Waals surface area contributed by atoms with Crippen LogP contribution in [0.15, 0.2) is 0 Å². The van der Waals surface area contributed by atoms with Crippen molar-refractivity contribution in [1.82, 2.24) is 4.90 Å². The average molecular weight is 215 g/mol. The molecule has 90 valence electrons. The molecule has 0 aromatic rings. The lowest BCUT2D eigenvalue weighted by Crippen LogP contribution is -2.35. The van der Waals surface area contributed by atoms with Crippen molar-refractivity contribution in [2.75, 3.05) is 33.9 Å². The second kappa shape index (κ2) is 5.83. The molecule has 0 N–H and O–H groups in total. The Hall–Kier alpha value is -0.120. The summed E-state index contributed by atoms with van der Waals surface area (Å²) < 4.78 is 10.5. The smallest absolute Gasteiger partial charge is 0.169 e. The van der Waals surface area contributed by atoms with Crippen LogP contribution in [-0.2, 0) is 9.47 Å². The fourth-order valence-corrected chi connectivity index (χ4v) is 2.12. The lowest BCUT2D eigenvalue weighted by Gasteiger charge is -2.25. The van der Waals surface area contributed by atoms with E-state index in [0.29, 0.717) is 5.41 Å². The Balaban J connectivity index is 2.37. The molecule has 3 nitrogen and oxygen atoms in total. The molecule has 0 aromatic carbocycles. The number of ether oxygens (including phenoxy) is 2. The van der Waals surface area contributed by atoms with Gasteiger partial charge < -0.3 is 9.47 Å². The molecule has 0 atom stereocenters. The predicted molar refractivity (Wildman–Crippen MR) is 61.9 cm³/mol. The van der Waals surface area contributed by atoms with E-state index in [1.807, 2.05) is 0 Å². The monoisotopic (exact) mass is 215 g/mol. The first kappa shape index (κ1) is 12.9. The highest BCUT2D eigenvalue weighted by atomic mass is 16.7. The Kier molecular flexibility index (Phi) is 5.03. The van der Waals surface area contributed by atoms with Crippen LogP contribution in [0.3, 0.4) is 0 Å². The molecule has 0 aromatic heterocycles. The third kappa shape index (κ3) is 4.49. The largest absolute Gasteiger partial charge is 0.355 e. The van der Waals surface area contributed by atoms with Gasteiger partial charge in [-0.1, -0.05) is 13.8 Å². The third-order valence-corrected chi connectivity index (χ3v) is 3.37. The molecule has 15 heavy (non-hydrogen) atoms. The van der Waals surface area contributed by atoms with Crippen molar-refractivity contribution >= 4 is 0 Å². The van der Waals surface area contributed by atoms with Gasteiger partial charge >= 0.3 is 0 Å². The SMILES string of the molecule is COC(CN1CCCC(C)(C)CC1)OC. The first-order valence-electron chi connectivity index (χ1n) is 5.85. The maximum atomic E-state index is 5.23. The van der Waals surface area contributed by atoms with Crippen LogP contribution in [0, 0.1) is 5.41 Å². The summed E-state index contributed by atoms with van der Waals surface area (Å²) in [5.74, 6) is 0. The molecule has 0 saturated carbocycles. The molecule has 0 bridgehead atoms. The molecule has 1 rings (SSSR count). The normalized spacial score (nSPS) is 23.0. The van der Waals surface area contributed by atoms with Gasteiger partial charge in [-0.25, -0.2) is 0 Å². The molecule has 1 saturated heterocycles. The van der Waals surface area contributed by atoms with Gasteiger partial charge in [0.05, 0.1) is 0 Å². The van der Waals surface area contributed by atoms with Crippen molar-refractivity contribution in [3.05, 3.63) is 0 Å². The fourth-order valence-electron chi connectivity index (χ4n) is 2.12. The van der Waals surface area contributed by atoms with Crippen LogP contribution in [-0.4, -0.2) is 45.0 Å². The van der Waals surface area contributed by atoms with Crippen molar-refractivity contribution < 1.29 is 9.47 Å². The van der Waals surface area contributed by atoms with Crippen LogP contribution in [0.1, 0.15) is 33.1 Å². The summed E-state index contributed by atoms with van der Waals surface area (Å²) in [6.45, 7) is 7.95. The van der Waals surface area contributed by atoms with E-state index >= 15 is 0 Å². The minimum Gasteiger partial charge on any atom is -0.355 e. The first-order valence-corrected chi connectivity index (χ1v) is 5.85. The van der Waals surface area contributed by atoms with Gasteiger partial charge in [0.1, 0.15) is 0 Å². The van der Waals surface area contributed by atoms with Crippen molar-refractivity contribution in [3.8, 4) is 0 Å². The van der Waals surface area contributed by atoms with Crippen molar-refractivity contribution in [3.63, 3.8) is 0 Å². The van der Waals surface area contributed by atoms with Crippen LogP contribution in [0.5, 0.6) is 0 Å². The molecular formula is C12H25NO2. The number of methoxy groups -OCH3 is 2. The molecule has 0 aliphatic carbocycles. The summed E-state index contributed by atoms with van der Waals surface area (Å²) in [6, 6.07) is 0. The van der Waals surface area contributed by atoms with Crippen LogP contribution < -0.4 is 0 Å². The summed E-state index contributed by atoms with van der Waals surface area (Å²) in [4.78, 5) is 2.45.